The van der Waals surface area contributed by atoms with Crippen molar-refractivity contribution in [3.8, 4) is 0 Å². The fraction of sp³-hybridized carbons (Fsp3) is 0.778. The van der Waals surface area contributed by atoms with Gasteiger partial charge in [0.2, 0.25) is 5.91 Å². The molecule has 0 aliphatic carbocycles. The predicted molar refractivity (Wildman–Crippen MR) is 51.6 cm³/mol. The van der Waals surface area contributed by atoms with Crippen LogP contribution in [0, 0.1) is 0 Å². The molecule has 0 spiro atoms. The van der Waals surface area contributed by atoms with Crippen molar-refractivity contribution in [1.29, 1.82) is 0 Å². The minimum absolute atomic E-state index is 0.261. The maximum absolute atomic E-state index is 11.1. The maximum Gasteiger partial charge on any atom is 0.409 e. The molecule has 0 atom stereocenters. The van der Waals surface area contributed by atoms with Crippen molar-refractivity contribution in [3.63, 3.8) is 0 Å². The van der Waals surface area contributed by atoms with Gasteiger partial charge in [-0.25, -0.2) is 4.79 Å². The zero-order valence-corrected chi connectivity index (χ0v) is 8.71. The molecule has 0 aromatic heterocycles. The van der Waals surface area contributed by atoms with E-state index in [0.29, 0.717) is 19.6 Å². The van der Waals surface area contributed by atoms with E-state index >= 15 is 0 Å². The molecule has 0 aliphatic rings. The van der Waals surface area contributed by atoms with Crippen LogP contribution in [0.3, 0.4) is 0 Å². The van der Waals surface area contributed by atoms with E-state index in [9.17, 15) is 9.59 Å². The summed E-state index contributed by atoms with van der Waals surface area (Å²) in [5, 5.41) is 0. The highest BCUT2D eigenvalue weighted by Crippen LogP contribution is 1.98. The first-order chi connectivity index (χ1) is 6.57. The monoisotopic (exact) mass is 201 g/mol. The fourth-order valence-corrected chi connectivity index (χ4v) is 0.959. The standard InChI is InChI=1S/C9H17N2O3/c1-3-14-9(13)11(2)7-5-4-6-8(10)12/h10H,3-7H2,1-2H3. The number of unbranched alkanes of at least 4 members (excludes halogenated alkanes) is 1. The summed E-state index contributed by atoms with van der Waals surface area (Å²) in [4.78, 5) is 22.8. The Morgan fingerprint density at radius 1 is 1.36 bits per heavy atom. The van der Waals surface area contributed by atoms with E-state index in [4.69, 9.17) is 10.5 Å². The van der Waals surface area contributed by atoms with Crippen molar-refractivity contribution in [2.45, 2.75) is 26.2 Å². The van der Waals surface area contributed by atoms with Gasteiger partial charge in [-0.1, -0.05) is 0 Å². The molecule has 0 aromatic rings. The Kier molecular flexibility index (Phi) is 6.53. The Labute approximate surface area is 84.2 Å². The molecule has 0 saturated heterocycles. The van der Waals surface area contributed by atoms with Crippen molar-refractivity contribution < 1.29 is 14.3 Å². The molecule has 0 unspecified atom stereocenters. The van der Waals surface area contributed by atoms with Crippen molar-refractivity contribution in [2.75, 3.05) is 20.2 Å². The topological polar surface area (TPSA) is 70.4 Å². The van der Waals surface area contributed by atoms with E-state index in [-0.39, 0.29) is 12.5 Å². The average molecular weight is 201 g/mol. The lowest BCUT2D eigenvalue weighted by Gasteiger charge is -2.15. The van der Waals surface area contributed by atoms with E-state index in [1.165, 1.54) is 4.90 Å². The van der Waals surface area contributed by atoms with Crippen LogP contribution in [-0.2, 0) is 9.53 Å². The normalized spacial score (nSPS) is 9.57. The first-order valence-corrected chi connectivity index (χ1v) is 4.70. The van der Waals surface area contributed by atoms with Crippen LogP contribution in [0.25, 0.3) is 0 Å². The minimum atomic E-state index is -0.552. The molecule has 0 aliphatic heterocycles. The third-order valence-corrected chi connectivity index (χ3v) is 1.73. The zero-order chi connectivity index (χ0) is 11.0. The van der Waals surface area contributed by atoms with Gasteiger partial charge in [-0.15, -0.1) is 0 Å². The first-order valence-electron chi connectivity index (χ1n) is 4.70. The van der Waals surface area contributed by atoms with E-state index in [1.807, 2.05) is 0 Å². The molecule has 2 amide bonds. The number of carbonyl (C=O) groups excluding carboxylic acids is 2. The van der Waals surface area contributed by atoms with Crippen molar-refractivity contribution in [3.05, 3.63) is 0 Å². The smallest absolute Gasteiger partial charge is 0.409 e. The Morgan fingerprint density at radius 3 is 2.50 bits per heavy atom. The van der Waals surface area contributed by atoms with E-state index in [1.54, 1.807) is 14.0 Å². The van der Waals surface area contributed by atoms with Gasteiger partial charge in [0.05, 0.1) is 6.61 Å². The third kappa shape index (κ3) is 6.28. The van der Waals surface area contributed by atoms with Crippen molar-refractivity contribution >= 4 is 12.0 Å². The van der Waals surface area contributed by atoms with Gasteiger partial charge in [0.25, 0.3) is 0 Å². The van der Waals surface area contributed by atoms with Gasteiger partial charge in [-0.05, 0) is 19.8 Å². The van der Waals surface area contributed by atoms with Crippen LogP contribution in [0.5, 0.6) is 0 Å². The molecule has 14 heavy (non-hydrogen) atoms. The fourth-order valence-electron chi connectivity index (χ4n) is 0.959. The van der Waals surface area contributed by atoms with Gasteiger partial charge in [0.15, 0.2) is 0 Å². The molecule has 0 heterocycles. The van der Waals surface area contributed by atoms with Gasteiger partial charge < -0.3 is 9.64 Å². The highest BCUT2D eigenvalue weighted by atomic mass is 16.5. The largest absolute Gasteiger partial charge is 0.450 e. The Bertz CT molecular complexity index is 194. The van der Waals surface area contributed by atoms with Crippen LogP contribution in [0.15, 0.2) is 0 Å². The minimum Gasteiger partial charge on any atom is -0.450 e. The van der Waals surface area contributed by atoms with Crippen molar-refractivity contribution in [2.24, 2.45) is 0 Å². The van der Waals surface area contributed by atoms with Crippen molar-refractivity contribution in [1.82, 2.24) is 10.6 Å². The lowest BCUT2D eigenvalue weighted by molar-refractivity contribution is -0.118. The summed E-state index contributed by atoms with van der Waals surface area (Å²) in [6, 6.07) is 0. The van der Waals surface area contributed by atoms with Crippen LogP contribution in [0.4, 0.5) is 4.79 Å². The number of ether oxygens (including phenoxy) is 1. The molecule has 0 saturated carbocycles. The Hall–Kier alpha value is -1.26. The predicted octanol–water partition coefficient (Wildman–Crippen LogP) is 1.05. The molecular weight excluding hydrogens is 184 g/mol. The zero-order valence-electron chi connectivity index (χ0n) is 8.71. The van der Waals surface area contributed by atoms with Crippen LogP contribution in [0.1, 0.15) is 26.2 Å². The van der Waals surface area contributed by atoms with Gasteiger partial charge in [0, 0.05) is 20.0 Å². The molecular formula is C9H17N2O3. The number of nitrogens with zero attached hydrogens (tertiary/aromatic N) is 1. The van der Waals surface area contributed by atoms with Crippen LogP contribution < -0.4 is 5.73 Å². The summed E-state index contributed by atoms with van der Waals surface area (Å²) < 4.78 is 4.76. The SMILES string of the molecule is CCOC(=O)N(C)CCCCC([NH])=O. The number of amides is 2. The van der Waals surface area contributed by atoms with Gasteiger partial charge in [-0.2, -0.15) is 0 Å². The summed E-state index contributed by atoms with van der Waals surface area (Å²) in [5.41, 5.74) is 6.67. The molecule has 0 aromatic carbocycles. The Balaban J connectivity index is 3.48. The summed E-state index contributed by atoms with van der Waals surface area (Å²) in [7, 11) is 1.65. The maximum atomic E-state index is 11.1. The Morgan fingerprint density at radius 2 is 2.00 bits per heavy atom. The summed E-state index contributed by atoms with van der Waals surface area (Å²) in [6.07, 6.45) is 1.28. The van der Waals surface area contributed by atoms with Crippen LogP contribution >= 0.6 is 0 Å². The molecule has 0 fully saturated rings. The van der Waals surface area contributed by atoms with Crippen LogP contribution in [0.2, 0.25) is 0 Å². The molecule has 5 heteroatoms. The highest BCUT2D eigenvalue weighted by molar-refractivity contribution is 5.72. The number of carbonyl (C=O) groups is 2. The quantitative estimate of drug-likeness (QED) is 0.603. The first kappa shape index (κ1) is 12.7. The molecule has 81 valence electrons. The average Bonchev–Trinajstić information content (AvgIpc) is 2.12. The van der Waals surface area contributed by atoms with Gasteiger partial charge in [0.1, 0.15) is 0 Å². The number of hydrogen-bond donors (Lipinski definition) is 0. The van der Waals surface area contributed by atoms with E-state index in [2.05, 4.69) is 0 Å². The van der Waals surface area contributed by atoms with E-state index in [0.717, 1.165) is 6.42 Å². The highest BCUT2D eigenvalue weighted by Gasteiger charge is 2.07. The number of nitrogens with one attached hydrogen (secondary N) is 1. The summed E-state index contributed by atoms with van der Waals surface area (Å²) >= 11 is 0. The molecule has 5 nitrogen and oxygen atoms in total. The number of hydrogen-bond acceptors (Lipinski definition) is 3. The second-order valence-electron chi connectivity index (χ2n) is 3.00. The second kappa shape index (κ2) is 7.17. The molecule has 0 rings (SSSR count). The molecule has 1 radical (unpaired) electrons. The van der Waals surface area contributed by atoms with Crippen LogP contribution in [-0.4, -0.2) is 37.1 Å². The van der Waals surface area contributed by atoms with Gasteiger partial charge >= 0.3 is 6.09 Å². The summed E-state index contributed by atoms with van der Waals surface area (Å²) in [6.45, 7) is 2.69. The molecule has 1 N–H and O–H groups in total. The van der Waals surface area contributed by atoms with E-state index < -0.39 is 5.91 Å². The lowest BCUT2D eigenvalue weighted by Crippen LogP contribution is -2.28. The van der Waals surface area contributed by atoms with Gasteiger partial charge in [-0.3, -0.25) is 10.5 Å². The lowest BCUT2D eigenvalue weighted by atomic mass is 10.2. The second-order valence-corrected chi connectivity index (χ2v) is 3.00. The molecule has 0 bridgehead atoms. The number of rotatable bonds is 6. The summed E-state index contributed by atoms with van der Waals surface area (Å²) in [5.74, 6) is -0.552. The third-order valence-electron chi connectivity index (χ3n) is 1.73.